The van der Waals surface area contributed by atoms with Gasteiger partial charge < -0.3 is 15.3 Å². The van der Waals surface area contributed by atoms with Crippen LogP contribution in [0.4, 0.5) is 4.79 Å². The Balaban J connectivity index is 2.27. The Morgan fingerprint density at radius 1 is 1.30 bits per heavy atom. The van der Waals surface area contributed by atoms with E-state index in [0.717, 1.165) is 4.90 Å². The molecule has 7 heteroatoms. The highest BCUT2D eigenvalue weighted by Crippen LogP contribution is 2.31. The van der Waals surface area contributed by atoms with Crippen molar-refractivity contribution in [3.8, 4) is 0 Å². The summed E-state index contributed by atoms with van der Waals surface area (Å²) in [6.07, 6.45) is 1.05. The second-order valence-corrected chi connectivity index (χ2v) is 6.02. The number of hydrogen-bond donors (Lipinski definition) is 2. The first-order chi connectivity index (χ1) is 9.28. The molecule has 0 bridgehead atoms. The highest BCUT2D eigenvalue weighted by atomic mass is 16.4. The van der Waals surface area contributed by atoms with Crippen molar-refractivity contribution < 1.29 is 19.5 Å². The molecule has 112 valence electrons. The van der Waals surface area contributed by atoms with Crippen LogP contribution >= 0.6 is 0 Å². The quantitative estimate of drug-likeness (QED) is 0.718. The van der Waals surface area contributed by atoms with Gasteiger partial charge in [0.25, 0.3) is 5.91 Å². The molecule has 1 atom stereocenters. The van der Waals surface area contributed by atoms with Gasteiger partial charge in [0, 0.05) is 13.1 Å². The summed E-state index contributed by atoms with van der Waals surface area (Å²) >= 11 is 0. The summed E-state index contributed by atoms with van der Waals surface area (Å²) in [4.78, 5) is 39.1. The fourth-order valence-electron chi connectivity index (χ4n) is 2.93. The molecule has 0 radical (unpaired) electrons. The van der Waals surface area contributed by atoms with Crippen molar-refractivity contribution >= 4 is 17.9 Å². The van der Waals surface area contributed by atoms with E-state index < -0.39 is 29.5 Å². The molecule has 2 saturated heterocycles. The van der Waals surface area contributed by atoms with Gasteiger partial charge in [0.15, 0.2) is 0 Å². The molecule has 0 aromatic rings. The molecule has 3 amide bonds. The first kappa shape index (κ1) is 14.8. The first-order valence-electron chi connectivity index (χ1n) is 6.85. The van der Waals surface area contributed by atoms with Crippen LogP contribution in [0.15, 0.2) is 0 Å². The lowest BCUT2D eigenvalue weighted by atomic mass is 9.87. The number of urea groups is 1. The SMILES string of the molecule is CC(C)C(C(=O)O)N1C(=O)NC2(CCN(C)CC2)C1=O. The summed E-state index contributed by atoms with van der Waals surface area (Å²) in [6, 6.07) is -1.69. The summed E-state index contributed by atoms with van der Waals surface area (Å²) in [6.45, 7) is 4.80. The minimum atomic E-state index is -1.14. The number of rotatable bonds is 3. The highest BCUT2D eigenvalue weighted by Gasteiger charge is 2.55. The van der Waals surface area contributed by atoms with Gasteiger partial charge in [-0.1, -0.05) is 13.8 Å². The van der Waals surface area contributed by atoms with Crippen molar-refractivity contribution in [2.45, 2.75) is 38.3 Å². The summed E-state index contributed by atoms with van der Waals surface area (Å²) in [5, 5.41) is 12.0. The number of aliphatic carboxylic acids is 1. The maximum atomic E-state index is 12.6. The molecule has 2 fully saturated rings. The van der Waals surface area contributed by atoms with Crippen LogP contribution in [-0.2, 0) is 9.59 Å². The zero-order chi connectivity index (χ0) is 15.1. The largest absolute Gasteiger partial charge is 0.480 e. The Bertz CT molecular complexity index is 441. The number of carboxylic acid groups (broad SMARTS) is 1. The third kappa shape index (κ3) is 2.26. The smallest absolute Gasteiger partial charge is 0.327 e. The van der Waals surface area contributed by atoms with Gasteiger partial charge in [-0.15, -0.1) is 0 Å². The van der Waals surface area contributed by atoms with Gasteiger partial charge in [0.05, 0.1) is 0 Å². The van der Waals surface area contributed by atoms with Gasteiger partial charge in [0.2, 0.25) is 0 Å². The molecule has 20 heavy (non-hydrogen) atoms. The maximum absolute atomic E-state index is 12.6. The van der Waals surface area contributed by atoms with E-state index in [-0.39, 0.29) is 5.92 Å². The Kier molecular flexibility index (Phi) is 3.73. The van der Waals surface area contributed by atoms with Crippen molar-refractivity contribution in [3.05, 3.63) is 0 Å². The number of nitrogens with zero attached hydrogens (tertiary/aromatic N) is 2. The van der Waals surface area contributed by atoms with E-state index in [1.54, 1.807) is 13.8 Å². The van der Waals surface area contributed by atoms with Crippen LogP contribution in [0.3, 0.4) is 0 Å². The number of carbonyl (C=O) groups excluding carboxylic acids is 2. The lowest BCUT2D eigenvalue weighted by Crippen LogP contribution is -2.55. The number of nitrogens with one attached hydrogen (secondary N) is 1. The Labute approximate surface area is 117 Å². The molecular formula is C13H21N3O4. The fourth-order valence-corrected chi connectivity index (χ4v) is 2.93. The lowest BCUT2D eigenvalue weighted by molar-refractivity contribution is -0.150. The standard InChI is InChI=1S/C13H21N3O4/c1-8(2)9(10(17)18)16-11(19)13(14-12(16)20)4-6-15(3)7-5-13/h8-9H,4-7H2,1-3H3,(H,14,20)(H,17,18). The number of imide groups is 1. The molecule has 2 aliphatic heterocycles. The van der Waals surface area contributed by atoms with Gasteiger partial charge in [-0.25, -0.2) is 14.5 Å². The van der Waals surface area contributed by atoms with Crippen LogP contribution in [0, 0.1) is 5.92 Å². The Morgan fingerprint density at radius 3 is 2.30 bits per heavy atom. The van der Waals surface area contributed by atoms with Crippen molar-refractivity contribution in [2.24, 2.45) is 5.92 Å². The van der Waals surface area contributed by atoms with E-state index in [1.165, 1.54) is 0 Å². The molecule has 2 heterocycles. The van der Waals surface area contributed by atoms with Crippen LogP contribution in [0.5, 0.6) is 0 Å². The van der Waals surface area contributed by atoms with Crippen molar-refractivity contribution in [1.29, 1.82) is 0 Å². The molecule has 2 rings (SSSR count). The van der Waals surface area contributed by atoms with E-state index in [4.69, 9.17) is 0 Å². The minimum Gasteiger partial charge on any atom is -0.480 e. The summed E-state index contributed by atoms with van der Waals surface area (Å²) in [5.74, 6) is -1.87. The average molecular weight is 283 g/mol. The normalized spacial score (nSPS) is 24.3. The number of piperidine rings is 1. The molecule has 0 aromatic heterocycles. The molecule has 1 unspecified atom stereocenters. The van der Waals surface area contributed by atoms with Crippen LogP contribution in [0.2, 0.25) is 0 Å². The number of carbonyl (C=O) groups is 3. The maximum Gasteiger partial charge on any atom is 0.327 e. The molecular weight excluding hydrogens is 262 g/mol. The van der Waals surface area contributed by atoms with E-state index in [0.29, 0.717) is 25.9 Å². The monoisotopic (exact) mass is 283 g/mol. The fraction of sp³-hybridized carbons (Fsp3) is 0.769. The molecule has 2 N–H and O–H groups in total. The summed E-state index contributed by atoms with van der Waals surface area (Å²) in [5.41, 5.74) is -0.911. The van der Waals surface area contributed by atoms with Crippen molar-refractivity contribution in [3.63, 3.8) is 0 Å². The number of amides is 3. The zero-order valence-corrected chi connectivity index (χ0v) is 12.0. The van der Waals surface area contributed by atoms with Crippen LogP contribution in [0.1, 0.15) is 26.7 Å². The Morgan fingerprint density at radius 2 is 1.85 bits per heavy atom. The molecule has 0 aromatic carbocycles. The molecule has 0 aliphatic carbocycles. The van der Waals surface area contributed by atoms with E-state index in [9.17, 15) is 19.5 Å². The Hall–Kier alpha value is -1.63. The molecule has 1 spiro atoms. The summed E-state index contributed by atoms with van der Waals surface area (Å²) < 4.78 is 0. The lowest BCUT2D eigenvalue weighted by Gasteiger charge is -2.35. The van der Waals surface area contributed by atoms with Gasteiger partial charge in [-0.05, 0) is 25.8 Å². The highest BCUT2D eigenvalue weighted by molar-refractivity contribution is 6.09. The molecule has 7 nitrogen and oxygen atoms in total. The second-order valence-electron chi connectivity index (χ2n) is 6.02. The van der Waals surface area contributed by atoms with E-state index in [1.807, 2.05) is 7.05 Å². The third-order valence-corrected chi connectivity index (χ3v) is 4.20. The van der Waals surface area contributed by atoms with Crippen LogP contribution in [0.25, 0.3) is 0 Å². The predicted octanol–water partition coefficient (Wildman–Crippen LogP) is 0.112. The zero-order valence-electron chi connectivity index (χ0n) is 12.0. The van der Waals surface area contributed by atoms with Crippen molar-refractivity contribution in [1.82, 2.24) is 15.1 Å². The van der Waals surface area contributed by atoms with Gasteiger partial charge >= 0.3 is 12.0 Å². The number of hydrogen-bond acceptors (Lipinski definition) is 4. The molecule has 2 aliphatic rings. The van der Waals surface area contributed by atoms with Gasteiger partial charge in [-0.2, -0.15) is 0 Å². The predicted molar refractivity (Wildman–Crippen MR) is 71.1 cm³/mol. The second kappa shape index (κ2) is 5.05. The average Bonchev–Trinajstić information content (AvgIpc) is 2.58. The van der Waals surface area contributed by atoms with Crippen LogP contribution in [-0.4, -0.2) is 64.5 Å². The van der Waals surface area contributed by atoms with Crippen molar-refractivity contribution in [2.75, 3.05) is 20.1 Å². The minimum absolute atomic E-state index is 0.330. The number of carboxylic acids is 1. The first-order valence-corrected chi connectivity index (χ1v) is 6.85. The molecule has 0 saturated carbocycles. The third-order valence-electron chi connectivity index (χ3n) is 4.20. The topological polar surface area (TPSA) is 89.9 Å². The number of likely N-dealkylation sites (tertiary alicyclic amines) is 1. The van der Waals surface area contributed by atoms with E-state index in [2.05, 4.69) is 10.2 Å². The van der Waals surface area contributed by atoms with E-state index >= 15 is 0 Å². The van der Waals surface area contributed by atoms with Gasteiger partial charge in [-0.3, -0.25) is 4.79 Å². The summed E-state index contributed by atoms with van der Waals surface area (Å²) in [7, 11) is 1.96. The van der Waals surface area contributed by atoms with Gasteiger partial charge in [0.1, 0.15) is 11.6 Å². The van der Waals surface area contributed by atoms with Crippen LogP contribution < -0.4 is 5.32 Å².